The van der Waals surface area contributed by atoms with Gasteiger partial charge in [-0.2, -0.15) is 0 Å². The van der Waals surface area contributed by atoms with E-state index in [9.17, 15) is 4.79 Å². The van der Waals surface area contributed by atoms with Gasteiger partial charge >= 0.3 is 0 Å². The van der Waals surface area contributed by atoms with E-state index >= 15 is 0 Å². The van der Waals surface area contributed by atoms with Gasteiger partial charge in [-0.3, -0.25) is 9.69 Å². The molecule has 124 valence electrons. The lowest BCUT2D eigenvalue weighted by molar-refractivity contribution is -0.120. The Morgan fingerprint density at radius 1 is 1.08 bits per heavy atom. The molecule has 1 N–H and O–H groups in total. The molecule has 1 amide bonds. The van der Waals surface area contributed by atoms with Crippen molar-refractivity contribution in [3.05, 3.63) is 64.1 Å². The molecule has 1 unspecified atom stereocenters. The van der Waals surface area contributed by atoms with Crippen LogP contribution in [0.3, 0.4) is 0 Å². The molecule has 0 aliphatic carbocycles. The summed E-state index contributed by atoms with van der Waals surface area (Å²) in [6.45, 7) is 3.81. The maximum absolute atomic E-state index is 13.2. The molecule has 4 rings (SSSR count). The van der Waals surface area contributed by atoms with Crippen LogP contribution in [-0.4, -0.2) is 43.7 Å². The van der Waals surface area contributed by atoms with E-state index in [-0.39, 0.29) is 5.91 Å². The number of carbonyl (C=O) groups is 1. The van der Waals surface area contributed by atoms with Crippen molar-refractivity contribution in [1.82, 2.24) is 4.90 Å². The van der Waals surface area contributed by atoms with Crippen LogP contribution in [0.4, 0.5) is 5.69 Å². The Morgan fingerprint density at radius 2 is 1.83 bits per heavy atom. The summed E-state index contributed by atoms with van der Waals surface area (Å²) in [5, 5.41) is 3.10. The van der Waals surface area contributed by atoms with Gasteiger partial charge in [-0.15, -0.1) is 0 Å². The number of anilines is 1. The fraction of sp³-hybridized carbons (Fsp3) is 0.316. The third-order valence-electron chi connectivity index (χ3n) is 4.93. The van der Waals surface area contributed by atoms with Gasteiger partial charge in [0.15, 0.2) is 0 Å². The Kier molecular flexibility index (Phi) is 4.16. The van der Waals surface area contributed by atoms with Crippen molar-refractivity contribution in [2.45, 2.75) is 5.41 Å². The number of para-hydroxylation sites is 1. The Labute approximate surface area is 149 Å². The summed E-state index contributed by atoms with van der Waals surface area (Å²) in [6.07, 6.45) is 0. The molecule has 0 radical (unpaired) electrons. The first-order valence-corrected chi connectivity index (χ1v) is 8.97. The van der Waals surface area contributed by atoms with Crippen LogP contribution < -0.4 is 5.32 Å². The van der Waals surface area contributed by atoms with Crippen LogP contribution in [0.5, 0.6) is 0 Å². The molecule has 2 heterocycles. The number of halogens is 1. The van der Waals surface area contributed by atoms with Crippen molar-refractivity contribution in [3.8, 4) is 0 Å². The highest BCUT2D eigenvalue weighted by Crippen LogP contribution is 2.46. The molecule has 2 aliphatic heterocycles. The van der Waals surface area contributed by atoms with Gasteiger partial charge in [0, 0.05) is 24.1 Å². The Bertz CT molecular complexity index is 759. The first kappa shape index (κ1) is 15.8. The summed E-state index contributed by atoms with van der Waals surface area (Å²) < 4.78 is 6.39. The molecule has 2 aliphatic rings. The maximum atomic E-state index is 13.2. The number of nitrogens with zero attached hydrogens (tertiary/aromatic N) is 1. The summed E-state index contributed by atoms with van der Waals surface area (Å²) in [6, 6.07) is 16.1. The molecule has 2 aromatic rings. The first-order chi connectivity index (χ1) is 11.7. The SMILES string of the molecule is O=C1Nc2c(Br)cccc2C1(CN1CCOCC1)c1ccccc1. The quantitative estimate of drug-likeness (QED) is 0.881. The zero-order valence-corrected chi connectivity index (χ0v) is 14.9. The molecule has 24 heavy (non-hydrogen) atoms. The van der Waals surface area contributed by atoms with Crippen molar-refractivity contribution in [2.24, 2.45) is 0 Å². The van der Waals surface area contributed by atoms with Crippen LogP contribution in [0.25, 0.3) is 0 Å². The standard InChI is InChI=1S/C19H19BrN2O2/c20-16-8-4-7-15-17(16)21-18(23)19(15,14-5-2-1-3-6-14)13-22-9-11-24-12-10-22/h1-8H,9-13H2,(H,21,23). The molecule has 0 aromatic heterocycles. The van der Waals surface area contributed by atoms with Gasteiger partial charge in [-0.05, 0) is 33.1 Å². The second-order valence-corrected chi connectivity index (χ2v) is 7.13. The second-order valence-electron chi connectivity index (χ2n) is 6.28. The van der Waals surface area contributed by atoms with Crippen molar-refractivity contribution in [3.63, 3.8) is 0 Å². The minimum Gasteiger partial charge on any atom is -0.379 e. The third-order valence-corrected chi connectivity index (χ3v) is 5.59. The van der Waals surface area contributed by atoms with E-state index in [1.54, 1.807) is 0 Å². The second kappa shape index (κ2) is 6.31. The van der Waals surface area contributed by atoms with Crippen LogP contribution in [0, 0.1) is 0 Å². The van der Waals surface area contributed by atoms with Gasteiger partial charge in [0.2, 0.25) is 5.91 Å². The molecule has 0 saturated carbocycles. The number of amides is 1. The Balaban J connectivity index is 1.86. The highest BCUT2D eigenvalue weighted by molar-refractivity contribution is 9.10. The monoisotopic (exact) mass is 386 g/mol. The average Bonchev–Trinajstić information content (AvgIpc) is 2.91. The molecular weight excluding hydrogens is 368 g/mol. The van der Waals surface area contributed by atoms with E-state index in [0.717, 1.165) is 47.6 Å². The Hall–Kier alpha value is -1.69. The number of benzene rings is 2. The normalized spacial score (nSPS) is 23.8. The first-order valence-electron chi connectivity index (χ1n) is 8.18. The zero-order valence-electron chi connectivity index (χ0n) is 13.3. The van der Waals surface area contributed by atoms with E-state index in [2.05, 4.69) is 44.3 Å². The maximum Gasteiger partial charge on any atom is 0.240 e. The molecule has 0 bridgehead atoms. The fourth-order valence-electron chi connectivity index (χ4n) is 3.70. The fourth-order valence-corrected chi connectivity index (χ4v) is 4.17. The number of hydrogen-bond acceptors (Lipinski definition) is 3. The number of hydrogen-bond donors (Lipinski definition) is 1. The van der Waals surface area contributed by atoms with Gasteiger partial charge in [-0.25, -0.2) is 0 Å². The minimum atomic E-state index is -0.683. The number of fused-ring (bicyclic) bond motifs is 1. The van der Waals surface area contributed by atoms with Gasteiger partial charge in [0.05, 0.1) is 18.9 Å². The summed E-state index contributed by atoms with van der Waals surface area (Å²) in [5.41, 5.74) is 2.28. The lowest BCUT2D eigenvalue weighted by Gasteiger charge is -2.36. The van der Waals surface area contributed by atoms with Crippen molar-refractivity contribution in [2.75, 3.05) is 38.2 Å². The topological polar surface area (TPSA) is 41.6 Å². The molecule has 1 fully saturated rings. The summed E-state index contributed by atoms with van der Waals surface area (Å²) in [7, 11) is 0. The number of rotatable bonds is 3. The molecule has 1 saturated heterocycles. The van der Waals surface area contributed by atoms with Crippen LogP contribution >= 0.6 is 15.9 Å². The number of nitrogens with one attached hydrogen (secondary N) is 1. The third kappa shape index (κ3) is 2.48. The number of ether oxygens (including phenoxy) is 1. The van der Waals surface area contributed by atoms with Gasteiger partial charge in [0.25, 0.3) is 0 Å². The smallest absolute Gasteiger partial charge is 0.240 e. The number of morpholine rings is 1. The molecule has 4 nitrogen and oxygen atoms in total. The van der Waals surface area contributed by atoms with Crippen LogP contribution in [0.2, 0.25) is 0 Å². The van der Waals surface area contributed by atoms with E-state index in [0.29, 0.717) is 6.54 Å². The summed E-state index contributed by atoms with van der Waals surface area (Å²) >= 11 is 3.58. The predicted molar refractivity (Wildman–Crippen MR) is 97.3 cm³/mol. The van der Waals surface area contributed by atoms with Crippen molar-refractivity contribution < 1.29 is 9.53 Å². The minimum absolute atomic E-state index is 0.0436. The van der Waals surface area contributed by atoms with E-state index in [1.807, 2.05) is 30.3 Å². The molecular formula is C19H19BrN2O2. The summed E-state index contributed by atoms with van der Waals surface area (Å²) in [5.74, 6) is 0.0436. The van der Waals surface area contributed by atoms with E-state index in [4.69, 9.17) is 4.74 Å². The van der Waals surface area contributed by atoms with Crippen LogP contribution in [-0.2, 0) is 14.9 Å². The average molecular weight is 387 g/mol. The largest absolute Gasteiger partial charge is 0.379 e. The number of carbonyl (C=O) groups excluding carboxylic acids is 1. The lowest BCUT2D eigenvalue weighted by atomic mass is 9.75. The van der Waals surface area contributed by atoms with Crippen molar-refractivity contribution in [1.29, 1.82) is 0 Å². The highest BCUT2D eigenvalue weighted by atomic mass is 79.9. The summed E-state index contributed by atoms with van der Waals surface area (Å²) in [4.78, 5) is 15.5. The molecule has 2 aromatic carbocycles. The van der Waals surface area contributed by atoms with Gasteiger partial charge < -0.3 is 10.1 Å². The highest BCUT2D eigenvalue weighted by Gasteiger charge is 2.49. The molecule has 5 heteroatoms. The molecule has 0 spiro atoms. The van der Waals surface area contributed by atoms with Crippen LogP contribution in [0.1, 0.15) is 11.1 Å². The Morgan fingerprint density at radius 3 is 2.58 bits per heavy atom. The van der Waals surface area contributed by atoms with Gasteiger partial charge in [-0.1, -0.05) is 42.5 Å². The zero-order chi connectivity index (χ0) is 16.6. The van der Waals surface area contributed by atoms with Crippen LogP contribution in [0.15, 0.2) is 53.0 Å². The van der Waals surface area contributed by atoms with Gasteiger partial charge in [0.1, 0.15) is 5.41 Å². The lowest BCUT2D eigenvalue weighted by Crippen LogP contribution is -2.49. The predicted octanol–water partition coefficient (Wildman–Crippen LogP) is 3.02. The van der Waals surface area contributed by atoms with E-state index < -0.39 is 5.41 Å². The van der Waals surface area contributed by atoms with E-state index in [1.165, 1.54) is 0 Å². The molecule has 1 atom stereocenters. The van der Waals surface area contributed by atoms with Crippen molar-refractivity contribution >= 4 is 27.5 Å².